The van der Waals surface area contributed by atoms with Crippen molar-refractivity contribution in [1.82, 2.24) is 18.9 Å². The Kier molecular flexibility index (Phi) is 7.56. The Bertz CT molecular complexity index is 1570. The zero-order valence-corrected chi connectivity index (χ0v) is 21.6. The molecule has 0 fully saturated rings. The van der Waals surface area contributed by atoms with Gasteiger partial charge in [-0.1, -0.05) is 66.2 Å². The molecule has 0 saturated carbocycles. The first-order valence-electron chi connectivity index (χ1n) is 11.6. The Morgan fingerprint density at radius 3 is 2.24 bits per heavy atom. The number of aromatic nitrogens is 1. The first-order valence-corrected chi connectivity index (χ1v) is 13.0. The summed E-state index contributed by atoms with van der Waals surface area (Å²) in [6, 6.07) is 23.4. The lowest BCUT2D eigenvalue weighted by Gasteiger charge is -2.13. The number of hydrogen-bond donors (Lipinski definition) is 2. The lowest BCUT2D eigenvalue weighted by Crippen LogP contribution is -2.34. The smallest absolute Gasteiger partial charge is 0.307 e. The molecule has 0 bridgehead atoms. The van der Waals surface area contributed by atoms with Crippen LogP contribution in [0.1, 0.15) is 27.0 Å². The first-order chi connectivity index (χ1) is 17.7. The van der Waals surface area contributed by atoms with Crippen LogP contribution in [0.3, 0.4) is 0 Å². The zero-order valence-electron chi connectivity index (χ0n) is 20.8. The molecule has 1 heterocycles. The summed E-state index contributed by atoms with van der Waals surface area (Å²) in [5.41, 5.74) is 3.21. The van der Waals surface area contributed by atoms with Crippen LogP contribution < -0.4 is 10.6 Å². The van der Waals surface area contributed by atoms with Gasteiger partial charge in [-0.25, -0.2) is 3.97 Å². The number of fused-ring (bicyclic) bond motifs is 1. The van der Waals surface area contributed by atoms with E-state index in [0.29, 0.717) is 22.0 Å². The lowest BCUT2D eigenvalue weighted by atomic mass is 10.1. The van der Waals surface area contributed by atoms with Gasteiger partial charge in [-0.3, -0.25) is 9.59 Å². The number of para-hydroxylation sites is 1. The average molecular weight is 517 g/mol. The number of nitrogens with zero attached hydrogens (tertiary/aromatic N) is 2. The van der Waals surface area contributed by atoms with Crippen molar-refractivity contribution in [2.45, 2.75) is 13.5 Å². The molecule has 8 nitrogen and oxygen atoms in total. The highest BCUT2D eigenvalue weighted by Gasteiger charge is 2.22. The van der Waals surface area contributed by atoms with Gasteiger partial charge in [0.05, 0.1) is 5.52 Å². The third kappa shape index (κ3) is 5.79. The van der Waals surface area contributed by atoms with E-state index in [1.807, 2.05) is 49.4 Å². The fourth-order valence-corrected chi connectivity index (χ4v) is 4.75. The van der Waals surface area contributed by atoms with E-state index in [1.54, 1.807) is 36.4 Å². The fourth-order valence-electron chi connectivity index (χ4n) is 3.74. The Hall–Kier alpha value is -4.21. The molecule has 9 heteroatoms. The Morgan fingerprint density at radius 1 is 0.919 bits per heavy atom. The van der Waals surface area contributed by atoms with Crippen molar-refractivity contribution in [2.75, 3.05) is 14.1 Å². The molecule has 0 aliphatic carbocycles. The van der Waals surface area contributed by atoms with Crippen molar-refractivity contribution in [3.8, 4) is 0 Å². The van der Waals surface area contributed by atoms with Crippen LogP contribution in [0.5, 0.6) is 0 Å². The predicted molar refractivity (Wildman–Crippen MR) is 145 cm³/mol. The first kappa shape index (κ1) is 25.9. The van der Waals surface area contributed by atoms with E-state index in [9.17, 15) is 18.0 Å². The van der Waals surface area contributed by atoms with Gasteiger partial charge in [0.15, 0.2) is 0 Å². The molecule has 0 spiro atoms. The standard InChI is InChI=1S/C28H28N4O4S/c1-20-13-15-22(16-14-20)27(33)30-25(28(34)29-18-21-9-5-4-6-10-21)17-23-19-32(37(35,36)31(2)3)26-12-8-7-11-24(23)26/h4-17,19H,18H2,1-3H3,(H,29,34)(H,30,33). The van der Waals surface area contributed by atoms with Crippen LogP contribution in [0, 0.1) is 6.92 Å². The van der Waals surface area contributed by atoms with Crippen LogP contribution in [-0.2, 0) is 21.5 Å². The summed E-state index contributed by atoms with van der Waals surface area (Å²) < 4.78 is 28.2. The molecular weight excluding hydrogens is 488 g/mol. The van der Waals surface area contributed by atoms with E-state index in [2.05, 4.69) is 10.6 Å². The summed E-state index contributed by atoms with van der Waals surface area (Å²) in [6.45, 7) is 2.18. The number of aryl methyl sites for hydroxylation is 1. The second-order valence-electron chi connectivity index (χ2n) is 8.73. The van der Waals surface area contributed by atoms with Gasteiger partial charge in [0.25, 0.3) is 11.8 Å². The zero-order chi connectivity index (χ0) is 26.6. The van der Waals surface area contributed by atoms with Crippen LogP contribution in [0.15, 0.2) is 90.8 Å². The molecule has 37 heavy (non-hydrogen) atoms. The molecule has 3 aromatic carbocycles. The predicted octanol–water partition coefficient (Wildman–Crippen LogP) is 3.69. The van der Waals surface area contributed by atoms with Crippen LogP contribution in [-0.4, -0.2) is 42.6 Å². The third-order valence-electron chi connectivity index (χ3n) is 5.82. The molecule has 2 amide bonds. The van der Waals surface area contributed by atoms with Gasteiger partial charge >= 0.3 is 10.2 Å². The van der Waals surface area contributed by atoms with Crippen molar-refractivity contribution in [3.05, 3.63) is 113 Å². The van der Waals surface area contributed by atoms with E-state index in [4.69, 9.17) is 0 Å². The third-order valence-corrected chi connectivity index (χ3v) is 7.54. The Labute approximate surface area is 216 Å². The number of hydrogen-bond acceptors (Lipinski definition) is 4. The number of carbonyl (C=O) groups excluding carboxylic acids is 2. The second-order valence-corrected chi connectivity index (χ2v) is 10.8. The molecule has 0 atom stereocenters. The van der Waals surface area contributed by atoms with Crippen molar-refractivity contribution in [3.63, 3.8) is 0 Å². The molecule has 0 unspecified atom stereocenters. The highest BCUT2D eigenvalue weighted by Crippen LogP contribution is 2.25. The molecule has 0 radical (unpaired) electrons. The largest absolute Gasteiger partial charge is 0.347 e. The van der Waals surface area contributed by atoms with Gasteiger partial charge in [0.2, 0.25) is 0 Å². The summed E-state index contributed by atoms with van der Waals surface area (Å²) >= 11 is 0. The molecule has 4 aromatic rings. The van der Waals surface area contributed by atoms with Gasteiger partial charge in [0.1, 0.15) is 5.70 Å². The highest BCUT2D eigenvalue weighted by molar-refractivity contribution is 7.87. The van der Waals surface area contributed by atoms with Crippen molar-refractivity contribution in [1.29, 1.82) is 0 Å². The van der Waals surface area contributed by atoms with E-state index in [1.165, 1.54) is 26.4 Å². The topological polar surface area (TPSA) is 101 Å². The normalized spacial score (nSPS) is 12.1. The van der Waals surface area contributed by atoms with E-state index in [0.717, 1.165) is 19.4 Å². The van der Waals surface area contributed by atoms with Gasteiger partial charge in [-0.15, -0.1) is 0 Å². The Morgan fingerprint density at radius 2 is 1.57 bits per heavy atom. The maximum Gasteiger partial charge on any atom is 0.307 e. The van der Waals surface area contributed by atoms with Crippen LogP contribution >= 0.6 is 0 Å². The molecule has 0 aliphatic heterocycles. The number of nitrogens with one attached hydrogen (secondary N) is 2. The van der Waals surface area contributed by atoms with E-state index < -0.39 is 22.0 Å². The highest BCUT2D eigenvalue weighted by atomic mass is 32.2. The lowest BCUT2D eigenvalue weighted by molar-refractivity contribution is -0.117. The Balaban J connectivity index is 1.75. The van der Waals surface area contributed by atoms with Crippen LogP contribution in [0.4, 0.5) is 0 Å². The van der Waals surface area contributed by atoms with Gasteiger partial charge in [-0.2, -0.15) is 12.7 Å². The summed E-state index contributed by atoms with van der Waals surface area (Å²) in [6.07, 6.45) is 2.94. The molecule has 0 saturated heterocycles. The molecular formula is C28H28N4O4S. The number of benzene rings is 3. The average Bonchev–Trinajstić information content (AvgIpc) is 3.27. The van der Waals surface area contributed by atoms with Gasteiger partial charge < -0.3 is 10.6 Å². The summed E-state index contributed by atoms with van der Waals surface area (Å²) in [4.78, 5) is 26.3. The summed E-state index contributed by atoms with van der Waals surface area (Å²) in [7, 11) is -0.926. The van der Waals surface area contributed by atoms with Crippen LogP contribution in [0.2, 0.25) is 0 Å². The molecule has 0 aliphatic rings. The minimum absolute atomic E-state index is 0.00772. The maximum absolute atomic E-state index is 13.3. The van der Waals surface area contributed by atoms with E-state index >= 15 is 0 Å². The van der Waals surface area contributed by atoms with Crippen molar-refractivity contribution in [2.24, 2.45) is 0 Å². The second kappa shape index (κ2) is 10.8. The maximum atomic E-state index is 13.3. The number of rotatable bonds is 8. The number of amides is 2. The minimum Gasteiger partial charge on any atom is -0.347 e. The SMILES string of the molecule is Cc1ccc(C(=O)NC(=Cc2cn(S(=O)(=O)N(C)C)c3ccccc23)C(=O)NCc2ccccc2)cc1. The molecule has 4 rings (SSSR count). The quantitative estimate of drug-likeness (QED) is 0.349. The van der Waals surface area contributed by atoms with Crippen LogP contribution in [0.25, 0.3) is 17.0 Å². The van der Waals surface area contributed by atoms with E-state index in [-0.39, 0.29) is 12.2 Å². The van der Waals surface area contributed by atoms with Crippen molar-refractivity contribution >= 4 is 39.0 Å². The molecule has 190 valence electrons. The minimum atomic E-state index is -3.82. The van der Waals surface area contributed by atoms with Gasteiger partial charge in [0, 0.05) is 43.4 Å². The monoisotopic (exact) mass is 516 g/mol. The fraction of sp³-hybridized carbons (Fsp3) is 0.143. The summed E-state index contributed by atoms with van der Waals surface area (Å²) in [5.74, 6) is -0.956. The number of carbonyl (C=O) groups is 2. The van der Waals surface area contributed by atoms with Crippen molar-refractivity contribution < 1.29 is 18.0 Å². The van der Waals surface area contributed by atoms with Gasteiger partial charge in [-0.05, 0) is 36.8 Å². The molecule has 2 N–H and O–H groups in total. The molecule has 1 aromatic heterocycles. The summed E-state index contributed by atoms with van der Waals surface area (Å²) in [5, 5.41) is 6.16.